The maximum atomic E-state index is 13.5. The molecular formula is C13H17FN2O2. The minimum absolute atomic E-state index is 0.00413. The van der Waals surface area contributed by atoms with Crippen LogP contribution in [0.1, 0.15) is 17.9 Å². The van der Waals surface area contributed by atoms with Crippen LogP contribution in [0.15, 0.2) is 24.3 Å². The number of hydrogen-bond donors (Lipinski definition) is 2. The van der Waals surface area contributed by atoms with Crippen molar-refractivity contribution in [3.8, 4) is 0 Å². The highest BCUT2D eigenvalue weighted by atomic mass is 19.1. The van der Waals surface area contributed by atoms with Gasteiger partial charge in [-0.05, 0) is 18.1 Å². The van der Waals surface area contributed by atoms with E-state index in [2.05, 4.69) is 5.32 Å². The van der Waals surface area contributed by atoms with E-state index < -0.39 is 0 Å². The van der Waals surface area contributed by atoms with Crippen molar-refractivity contribution < 1.29 is 14.3 Å². The summed E-state index contributed by atoms with van der Waals surface area (Å²) in [6, 6.07) is 6.41. The van der Waals surface area contributed by atoms with Crippen molar-refractivity contribution in [2.45, 2.75) is 18.4 Å². The molecule has 1 aromatic rings. The number of hydrogen-bond acceptors (Lipinski definition) is 2. The van der Waals surface area contributed by atoms with E-state index >= 15 is 0 Å². The molecule has 0 radical (unpaired) electrons. The Kier molecular flexibility index (Phi) is 3.81. The number of aliphatic hydroxyl groups excluding tert-OH is 1. The number of carbonyl (C=O) groups is 1. The van der Waals surface area contributed by atoms with Gasteiger partial charge in [0.05, 0.1) is 6.61 Å². The van der Waals surface area contributed by atoms with E-state index in [-0.39, 0.29) is 30.4 Å². The SMILES string of the molecule is CN(CCO)C(=O)NC1CC1c1ccccc1F. The lowest BCUT2D eigenvalue weighted by Crippen LogP contribution is -2.40. The quantitative estimate of drug-likeness (QED) is 0.849. The molecule has 0 spiro atoms. The van der Waals surface area contributed by atoms with Crippen LogP contribution in [0.5, 0.6) is 0 Å². The molecular weight excluding hydrogens is 235 g/mol. The van der Waals surface area contributed by atoms with Crippen LogP contribution in [0, 0.1) is 5.82 Å². The zero-order valence-electron chi connectivity index (χ0n) is 10.3. The minimum Gasteiger partial charge on any atom is -0.395 e. The van der Waals surface area contributed by atoms with E-state index in [1.807, 2.05) is 0 Å². The molecule has 0 bridgehead atoms. The van der Waals surface area contributed by atoms with Gasteiger partial charge >= 0.3 is 6.03 Å². The van der Waals surface area contributed by atoms with Gasteiger partial charge < -0.3 is 15.3 Å². The summed E-state index contributed by atoms with van der Waals surface area (Å²) in [4.78, 5) is 13.1. The molecule has 2 rings (SSSR count). The van der Waals surface area contributed by atoms with Crippen LogP contribution in [0.3, 0.4) is 0 Å². The highest BCUT2D eigenvalue weighted by molar-refractivity contribution is 5.74. The molecule has 0 saturated heterocycles. The maximum absolute atomic E-state index is 13.5. The van der Waals surface area contributed by atoms with Crippen LogP contribution in [-0.2, 0) is 0 Å². The van der Waals surface area contributed by atoms with Gasteiger partial charge in [-0.2, -0.15) is 0 Å². The average Bonchev–Trinajstić information content (AvgIpc) is 3.09. The summed E-state index contributed by atoms with van der Waals surface area (Å²) >= 11 is 0. The topological polar surface area (TPSA) is 52.6 Å². The predicted molar refractivity (Wildman–Crippen MR) is 65.8 cm³/mol. The highest BCUT2D eigenvalue weighted by Gasteiger charge is 2.41. The summed E-state index contributed by atoms with van der Waals surface area (Å²) in [6.07, 6.45) is 0.764. The van der Waals surface area contributed by atoms with Crippen LogP contribution in [0.25, 0.3) is 0 Å². The molecule has 1 aliphatic rings. The number of nitrogens with zero attached hydrogens (tertiary/aromatic N) is 1. The van der Waals surface area contributed by atoms with Crippen LogP contribution >= 0.6 is 0 Å². The maximum Gasteiger partial charge on any atom is 0.317 e. The Morgan fingerprint density at radius 2 is 2.28 bits per heavy atom. The molecule has 2 N–H and O–H groups in total. The van der Waals surface area contributed by atoms with E-state index in [1.165, 1.54) is 11.0 Å². The number of urea groups is 1. The molecule has 5 heteroatoms. The van der Waals surface area contributed by atoms with Crippen molar-refractivity contribution in [1.29, 1.82) is 0 Å². The zero-order valence-corrected chi connectivity index (χ0v) is 10.3. The monoisotopic (exact) mass is 252 g/mol. The molecule has 1 fully saturated rings. The molecule has 2 amide bonds. The number of rotatable bonds is 4. The number of likely N-dealkylation sites (N-methyl/N-ethyl adjacent to an activating group) is 1. The van der Waals surface area contributed by atoms with Gasteiger partial charge in [0.25, 0.3) is 0 Å². The van der Waals surface area contributed by atoms with Crippen molar-refractivity contribution in [2.75, 3.05) is 20.2 Å². The zero-order chi connectivity index (χ0) is 13.1. The molecule has 0 heterocycles. The van der Waals surface area contributed by atoms with Gasteiger partial charge in [0.1, 0.15) is 5.82 Å². The lowest BCUT2D eigenvalue weighted by molar-refractivity contribution is 0.190. The molecule has 0 aliphatic heterocycles. The van der Waals surface area contributed by atoms with Gasteiger partial charge in [0.15, 0.2) is 0 Å². The summed E-state index contributed by atoms with van der Waals surface area (Å²) in [5, 5.41) is 11.6. The second kappa shape index (κ2) is 5.35. The number of carbonyl (C=O) groups excluding carboxylic acids is 1. The number of nitrogens with one attached hydrogen (secondary N) is 1. The fraction of sp³-hybridized carbons (Fsp3) is 0.462. The second-order valence-electron chi connectivity index (χ2n) is 4.56. The van der Waals surface area contributed by atoms with Crippen LogP contribution in [-0.4, -0.2) is 42.3 Å². The molecule has 1 saturated carbocycles. The fourth-order valence-electron chi connectivity index (χ4n) is 1.99. The van der Waals surface area contributed by atoms with Gasteiger partial charge in [-0.25, -0.2) is 9.18 Å². The number of halogens is 1. The van der Waals surface area contributed by atoms with Gasteiger partial charge in [0.2, 0.25) is 0 Å². The molecule has 4 nitrogen and oxygen atoms in total. The third kappa shape index (κ3) is 2.79. The first-order chi connectivity index (χ1) is 8.63. The number of benzene rings is 1. The van der Waals surface area contributed by atoms with E-state index in [0.29, 0.717) is 12.1 Å². The first-order valence-corrected chi connectivity index (χ1v) is 6.00. The van der Waals surface area contributed by atoms with E-state index in [9.17, 15) is 9.18 Å². The number of aliphatic hydroxyl groups is 1. The summed E-state index contributed by atoms with van der Waals surface area (Å²) in [7, 11) is 1.62. The van der Waals surface area contributed by atoms with E-state index in [0.717, 1.165) is 6.42 Å². The van der Waals surface area contributed by atoms with Crippen molar-refractivity contribution in [3.05, 3.63) is 35.6 Å². The highest BCUT2D eigenvalue weighted by Crippen LogP contribution is 2.41. The lowest BCUT2D eigenvalue weighted by atomic mass is 10.1. The molecule has 2 atom stereocenters. The summed E-state index contributed by atoms with van der Waals surface area (Å²) in [6.45, 7) is 0.230. The summed E-state index contributed by atoms with van der Waals surface area (Å²) < 4.78 is 13.5. The van der Waals surface area contributed by atoms with Crippen molar-refractivity contribution in [2.24, 2.45) is 0 Å². The number of amides is 2. The summed E-state index contributed by atoms with van der Waals surface area (Å²) in [5.41, 5.74) is 0.660. The third-order valence-corrected chi connectivity index (χ3v) is 3.19. The Hall–Kier alpha value is -1.62. The normalized spacial score (nSPS) is 21.5. The smallest absolute Gasteiger partial charge is 0.317 e. The molecule has 1 aromatic carbocycles. The Morgan fingerprint density at radius 1 is 1.56 bits per heavy atom. The van der Waals surface area contributed by atoms with Gasteiger partial charge in [0, 0.05) is 25.6 Å². The second-order valence-corrected chi connectivity index (χ2v) is 4.56. The molecule has 18 heavy (non-hydrogen) atoms. The molecule has 98 valence electrons. The first-order valence-electron chi connectivity index (χ1n) is 6.00. The minimum atomic E-state index is -0.229. The van der Waals surface area contributed by atoms with Crippen molar-refractivity contribution in [1.82, 2.24) is 10.2 Å². The Morgan fingerprint density at radius 3 is 2.94 bits per heavy atom. The Balaban J connectivity index is 1.89. The molecule has 2 unspecified atom stereocenters. The Labute approximate surface area is 105 Å². The van der Waals surface area contributed by atoms with Gasteiger partial charge in [-0.3, -0.25) is 0 Å². The first kappa shape index (κ1) is 12.8. The molecule has 0 aromatic heterocycles. The predicted octanol–water partition coefficient (Wildman–Crippen LogP) is 1.32. The van der Waals surface area contributed by atoms with E-state index in [4.69, 9.17) is 5.11 Å². The largest absolute Gasteiger partial charge is 0.395 e. The van der Waals surface area contributed by atoms with Crippen molar-refractivity contribution >= 4 is 6.03 Å². The molecule has 1 aliphatic carbocycles. The van der Waals surface area contributed by atoms with Crippen LogP contribution in [0.2, 0.25) is 0 Å². The summed E-state index contributed by atoms with van der Waals surface area (Å²) in [5.74, 6) is -0.152. The van der Waals surface area contributed by atoms with Gasteiger partial charge in [-0.15, -0.1) is 0 Å². The van der Waals surface area contributed by atoms with Gasteiger partial charge in [-0.1, -0.05) is 18.2 Å². The van der Waals surface area contributed by atoms with Crippen LogP contribution in [0.4, 0.5) is 9.18 Å². The van der Waals surface area contributed by atoms with E-state index in [1.54, 1.807) is 25.2 Å². The Bertz CT molecular complexity index is 439. The average molecular weight is 252 g/mol. The fourth-order valence-corrected chi connectivity index (χ4v) is 1.99. The lowest BCUT2D eigenvalue weighted by Gasteiger charge is -2.16. The van der Waals surface area contributed by atoms with Crippen LogP contribution < -0.4 is 5.32 Å². The third-order valence-electron chi connectivity index (χ3n) is 3.19. The van der Waals surface area contributed by atoms with Crippen molar-refractivity contribution in [3.63, 3.8) is 0 Å². The standard InChI is InChI=1S/C13H17FN2O2/c1-16(6-7-17)13(18)15-12-8-10(12)9-4-2-3-5-11(9)14/h2-5,10,12,17H,6-8H2,1H3,(H,15,18).